The smallest absolute Gasteiger partial charge is 0.216 e. The van der Waals surface area contributed by atoms with E-state index in [0.29, 0.717) is 0 Å². The first-order chi connectivity index (χ1) is 7.25. The number of aryl methyl sites for hydroxylation is 2. The van der Waals surface area contributed by atoms with Crippen molar-refractivity contribution >= 4 is 5.91 Å². The lowest BCUT2D eigenvalue weighted by molar-refractivity contribution is -0.118. The van der Waals surface area contributed by atoms with Crippen LogP contribution in [0.1, 0.15) is 30.0 Å². The number of carbonyl (C=O) groups excluding carboxylic acids is 1. The van der Waals surface area contributed by atoms with E-state index < -0.39 is 0 Å². The summed E-state index contributed by atoms with van der Waals surface area (Å²) in [6.45, 7) is 2.30. The summed E-state index contributed by atoms with van der Waals surface area (Å²) < 4.78 is 0. The number of hydrogen-bond acceptors (Lipinski definition) is 1. The second-order valence-electron chi connectivity index (χ2n) is 4.19. The fourth-order valence-corrected chi connectivity index (χ4v) is 2.16. The largest absolute Gasteiger partial charge is 0.356 e. The van der Waals surface area contributed by atoms with E-state index in [9.17, 15) is 4.79 Å². The fourth-order valence-electron chi connectivity index (χ4n) is 2.16. The molecule has 0 saturated carbocycles. The van der Waals surface area contributed by atoms with Crippen LogP contribution in [-0.4, -0.2) is 12.5 Å². The second-order valence-corrected chi connectivity index (χ2v) is 4.19. The molecule has 0 heterocycles. The zero-order chi connectivity index (χ0) is 10.7. The average molecular weight is 203 g/mol. The molecule has 15 heavy (non-hydrogen) atoms. The van der Waals surface area contributed by atoms with Crippen molar-refractivity contribution < 1.29 is 4.79 Å². The van der Waals surface area contributed by atoms with Crippen LogP contribution in [0.15, 0.2) is 18.2 Å². The van der Waals surface area contributed by atoms with Gasteiger partial charge in [-0.2, -0.15) is 0 Å². The van der Waals surface area contributed by atoms with Crippen LogP contribution in [0.5, 0.6) is 0 Å². The predicted molar refractivity (Wildman–Crippen MR) is 60.9 cm³/mol. The topological polar surface area (TPSA) is 29.1 Å². The van der Waals surface area contributed by atoms with Crippen LogP contribution in [-0.2, 0) is 24.1 Å². The van der Waals surface area contributed by atoms with Gasteiger partial charge in [-0.1, -0.05) is 18.2 Å². The molecule has 1 aromatic rings. The van der Waals surface area contributed by atoms with Gasteiger partial charge in [0.15, 0.2) is 0 Å². The Labute approximate surface area is 90.7 Å². The van der Waals surface area contributed by atoms with Crippen molar-refractivity contribution in [3.05, 3.63) is 34.9 Å². The molecule has 1 amide bonds. The zero-order valence-electron chi connectivity index (χ0n) is 9.18. The summed E-state index contributed by atoms with van der Waals surface area (Å²) in [5, 5.41) is 2.82. The van der Waals surface area contributed by atoms with Gasteiger partial charge in [-0.25, -0.2) is 0 Å². The lowest BCUT2D eigenvalue weighted by Crippen LogP contribution is -2.22. The number of fused-ring (bicyclic) bond motifs is 1. The standard InChI is InChI=1S/C13H17NO/c1-10(15)14-8-7-11-5-6-12-3-2-4-13(12)9-11/h5-6,9H,2-4,7-8H2,1H3,(H,14,15). The SMILES string of the molecule is CC(=O)NCCc1ccc2c(c1)CCC2. The van der Waals surface area contributed by atoms with Gasteiger partial charge in [0.1, 0.15) is 0 Å². The monoisotopic (exact) mass is 203 g/mol. The molecule has 2 nitrogen and oxygen atoms in total. The maximum Gasteiger partial charge on any atom is 0.216 e. The first kappa shape index (κ1) is 10.2. The van der Waals surface area contributed by atoms with E-state index in [1.807, 2.05) is 0 Å². The third kappa shape index (κ3) is 2.58. The average Bonchev–Trinajstić information content (AvgIpc) is 2.64. The highest BCUT2D eigenvalue weighted by Crippen LogP contribution is 2.22. The van der Waals surface area contributed by atoms with Gasteiger partial charge < -0.3 is 5.32 Å². The maximum atomic E-state index is 10.7. The molecule has 2 rings (SSSR count). The highest BCUT2D eigenvalue weighted by molar-refractivity contribution is 5.72. The number of carbonyl (C=O) groups is 1. The minimum atomic E-state index is 0.0520. The highest BCUT2D eigenvalue weighted by atomic mass is 16.1. The molecule has 0 bridgehead atoms. The van der Waals surface area contributed by atoms with Gasteiger partial charge in [0.2, 0.25) is 5.91 Å². The van der Waals surface area contributed by atoms with Crippen molar-refractivity contribution in [3.63, 3.8) is 0 Å². The highest BCUT2D eigenvalue weighted by Gasteiger charge is 2.10. The molecule has 1 aromatic carbocycles. The molecule has 1 aliphatic carbocycles. The third-order valence-corrected chi connectivity index (χ3v) is 2.95. The summed E-state index contributed by atoms with van der Waals surface area (Å²) in [5.41, 5.74) is 4.36. The second kappa shape index (κ2) is 4.47. The fraction of sp³-hybridized carbons (Fsp3) is 0.462. The lowest BCUT2D eigenvalue weighted by Gasteiger charge is -2.05. The molecule has 0 atom stereocenters. The van der Waals surface area contributed by atoms with Gasteiger partial charge in [-0.05, 0) is 42.4 Å². The van der Waals surface area contributed by atoms with Gasteiger partial charge in [-0.15, -0.1) is 0 Å². The van der Waals surface area contributed by atoms with Crippen molar-refractivity contribution in [2.45, 2.75) is 32.6 Å². The summed E-state index contributed by atoms with van der Waals surface area (Å²) >= 11 is 0. The molecule has 0 unspecified atom stereocenters. The van der Waals surface area contributed by atoms with Crippen LogP contribution in [0.3, 0.4) is 0 Å². The Morgan fingerprint density at radius 1 is 1.33 bits per heavy atom. The van der Waals surface area contributed by atoms with Crippen molar-refractivity contribution in [2.75, 3.05) is 6.54 Å². The molecular weight excluding hydrogens is 186 g/mol. The molecule has 1 aliphatic rings. The molecule has 80 valence electrons. The molecule has 0 fully saturated rings. The quantitative estimate of drug-likeness (QED) is 0.798. The third-order valence-electron chi connectivity index (χ3n) is 2.95. The van der Waals surface area contributed by atoms with Crippen LogP contribution in [0.2, 0.25) is 0 Å². The molecule has 0 saturated heterocycles. The summed E-state index contributed by atoms with van der Waals surface area (Å²) in [5.74, 6) is 0.0520. The van der Waals surface area contributed by atoms with Crippen molar-refractivity contribution in [1.29, 1.82) is 0 Å². The Balaban J connectivity index is 1.95. The molecule has 0 spiro atoms. The molecular formula is C13H17NO. The van der Waals surface area contributed by atoms with Crippen molar-refractivity contribution in [2.24, 2.45) is 0 Å². The summed E-state index contributed by atoms with van der Waals surface area (Å²) in [6.07, 6.45) is 4.70. The van der Waals surface area contributed by atoms with Crippen LogP contribution in [0.4, 0.5) is 0 Å². The zero-order valence-corrected chi connectivity index (χ0v) is 9.18. The molecule has 2 heteroatoms. The van der Waals surface area contributed by atoms with Crippen LogP contribution in [0, 0.1) is 0 Å². The Kier molecular flexibility index (Phi) is 3.05. The number of nitrogens with one attached hydrogen (secondary N) is 1. The first-order valence-corrected chi connectivity index (χ1v) is 5.61. The van der Waals surface area contributed by atoms with E-state index >= 15 is 0 Å². The van der Waals surface area contributed by atoms with E-state index in [2.05, 4.69) is 23.5 Å². The number of amides is 1. The van der Waals surface area contributed by atoms with E-state index in [0.717, 1.165) is 13.0 Å². The van der Waals surface area contributed by atoms with Gasteiger partial charge in [-0.3, -0.25) is 4.79 Å². The van der Waals surface area contributed by atoms with E-state index in [1.54, 1.807) is 6.92 Å². The normalized spacial score (nSPS) is 13.7. The van der Waals surface area contributed by atoms with Crippen LogP contribution >= 0.6 is 0 Å². The van der Waals surface area contributed by atoms with Gasteiger partial charge >= 0.3 is 0 Å². The number of rotatable bonds is 3. The summed E-state index contributed by atoms with van der Waals surface area (Å²) in [4.78, 5) is 10.7. The molecule has 0 aliphatic heterocycles. The van der Waals surface area contributed by atoms with Crippen LogP contribution in [0.25, 0.3) is 0 Å². The number of benzene rings is 1. The summed E-state index contributed by atoms with van der Waals surface area (Å²) in [7, 11) is 0. The van der Waals surface area contributed by atoms with Gasteiger partial charge in [0.25, 0.3) is 0 Å². The molecule has 1 N–H and O–H groups in total. The number of hydrogen-bond donors (Lipinski definition) is 1. The van der Waals surface area contributed by atoms with Crippen LogP contribution < -0.4 is 5.32 Å². The minimum absolute atomic E-state index is 0.0520. The van der Waals surface area contributed by atoms with Crippen molar-refractivity contribution in [1.82, 2.24) is 5.32 Å². The van der Waals surface area contributed by atoms with E-state index in [-0.39, 0.29) is 5.91 Å². The van der Waals surface area contributed by atoms with E-state index in [4.69, 9.17) is 0 Å². The summed E-state index contributed by atoms with van der Waals surface area (Å²) in [6, 6.07) is 6.72. The molecule has 0 radical (unpaired) electrons. The first-order valence-electron chi connectivity index (χ1n) is 5.61. The van der Waals surface area contributed by atoms with E-state index in [1.165, 1.54) is 36.0 Å². The van der Waals surface area contributed by atoms with Gasteiger partial charge in [0, 0.05) is 13.5 Å². The molecule has 0 aromatic heterocycles. The van der Waals surface area contributed by atoms with Crippen molar-refractivity contribution in [3.8, 4) is 0 Å². The Bertz CT molecular complexity index is 371. The predicted octanol–water partition coefficient (Wildman–Crippen LogP) is 1.85. The lowest BCUT2D eigenvalue weighted by atomic mass is 10.0. The Hall–Kier alpha value is -1.31. The Morgan fingerprint density at radius 2 is 2.13 bits per heavy atom. The minimum Gasteiger partial charge on any atom is -0.356 e. The Morgan fingerprint density at radius 3 is 2.93 bits per heavy atom. The van der Waals surface area contributed by atoms with Gasteiger partial charge in [0.05, 0.1) is 0 Å². The maximum absolute atomic E-state index is 10.7.